The third-order valence-corrected chi connectivity index (χ3v) is 6.02. The summed E-state index contributed by atoms with van der Waals surface area (Å²) in [5.41, 5.74) is 2.49. The lowest BCUT2D eigenvalue weighted by molar-refractivity contribution is -0.140. The zero-order valence-corrected chi connectivity index (χ0v) is 16.8. The van der Waals surface area contributed by atoms with Gasteiger partial charge in [0.05, 0.1) is 35.8 Å². The summed E-state index contributed by atoms with van der Waals surface area (Å²) in [4.78, 5) is 43.6. The predicted molar refractivity (Wildman–Crippen MR) is 109 cm³/mol. The van der Waals surface area contributed by atoms with E-state index < -0.39 is 23.0 Å². The minimum Gasteiger partial charge on any atom is -0.468 e. The normalized spacial score (nSPS) is 14.3. The van der Waals surface area contributed by atoms with Crippen LogP contribution in [0.3, 0.4) is 0 Å². The first-order valence-corrected chi connectivity index (χ1v) is 10.1. The number of imidazole rings is 1. The molecule has 0 spiro atoms. The van der Waals surface area contributed by atoms with Gasteiger partial charge in [0, 0.05) is 6.54 Å². The van der Waals surface area contributed by atoms with Crippen LogP contribution in [0.25, 0.3) is 11.0 Å². The molecule has 4 rings (SSSR count). The summed E-state index contributed by atoms with van der Waals surface area (Å²) in [6, 6.07) is 14.4. The highest BCUT2D eigenvalue weighted by Gasteiger charge is 2.38. The van der Waals surface area contributed by atoms with Crippen molar-refractivity contribution >= 4 is 40.6 Å². The van der Waals surface area contributed by atoms with Crippen molar-refractivity contribution in [2.24, 2.45) is 0 Å². The number of nitrogens with zero attached hydrogens (tertiary/aromatic N) is 3. The summed E-state index contributed by atoms with van der Waals surface area (Å²) in [5, 5.41) is -0.148. The Kier molecular flexibility index (Phi) is 5.10. The quantitative estimate of drug-likeness (QED) is 0.354. The van der Waals surface area contributed by atoms with E-state index in [1.54, 1.807) is 24.3 Å². The summed E-state index contributed by atoms with van der Waals surface area (Å²) in [5.74, 6) is -1.31. The van der Waals surface area contributed by atoms with Crippen molar-refractivity contribution in [3.63, 3.8) is 0 Å². The van der Waals surface area contributed by atoms with Crippen molar-refractivity contribution in [3.8, 4) is 0 Å². The summed E-state index contributed by atoms with van der Waals surface area (Å²) >= 11 is 1.20. The second-order valence-electron chi connectivity index (χ2n) is 6.52. The smallest absolute Gasteiger partial charge is 0.321 e. The highest BCUT2D eigenvalue weighted by atomic mass is 32.2. The van der Waals surface area contributed by atoms with Crippen molar-refractivity contribution in [3.05, 3.63) is 59.7 Å². The number of esters is 1. The van der Waals surface area contributed by atoms with Crippen LogP contribution >= 0.6 is 11.8 Å². The molecule has 8 heteroatoms. The lowest BCUT2D eigenvalue weighted by Crippen LogP contribution is -2.39. The molecule has 2 amide bonds. The van der Waals surface area contributed by atoms with Crippen molar-refractivity contribution in [1.82, 2.24) is 14.5 Å². The molecular weight excluding hydrogens is 390 g/mol. The maximum absolute atomic E-state index is 12.7. The summed E-state index contributed by atoms with van der Waals surface area (Å²) < 4.78 is 6.94. The van der Waals surface area contributed by atoms with Gasteiger partial charge in [0.25, 0.3) is 11.8 Å². The zero-order valence-electron chi connectivity index (χ0n) is 16.0. The number of fused-ring (bicyclic) bond motifs is 2. The van der Waals surface area contributed by atoms with Crippen LogP contribution in [-0.2, 0) is 16.1 Å². The molecule has 2 aromatic carbocycles. The van der Waals surface area contributed by atoms with Crippen LogP contribution in [0.1, 0.15) is 27.6 Å². The molecule has 0 radical (unpaired) electrons. The Labute approximate surface area is 171 Å². The van der Waals surface area contributed by atoms with E-state index >= 15 is 0 Å². The number of rotatable bonds is 6. The van der Waals surface area contributed by atoms with Gasteiger partial charge in [-0.15, -0.1) is 0 Å². The maximum Gasteiger partial charge on any atom is 0.321 e. The first kappa shape index (κ1) is 19.2. The monoisotopic (exact) mass is 409 g/mol. The Hall–Kier alpha value is -3.13. The Balaban J connectivity index is 1.64. The SMILES string of the molecule is CCn1c(SC(CN2C(=O)c3ccccc3C2=O)C(=O)OC)nc2ccccc21. The van der Waals surface area contributed by atoms with E-state index in [0.29, 0.717) is 22.8 Å². The van der Waals surface area contributed by atoms with Crippen LogP contribution in [0.5, 0.6) is 0 Å². The fourth-order valence-corrected chi connectivity index (χ4v) is 4.61. The number of aromatic nitrogens is 2. The molecule has 0 N–H and O–H groups in total. The van der Waals surface area contributed by atoms with E-state index in [4.69, 9.17) is 4.74 Å². The summed E-state index contributed by atoms with van der Waals surface area (Å²) in [6.07, 6.45) is 0. The van der Waals surface area contributed by atoms with Gasteiger partial charge < -0.3 is 9.30 Å². The average Bonchev–Trinajstić information content (AvgIpc) is 3.22. The van der Waals surface area contributed by atoms with Gasteiger partial charge in [-0.2, -0.15) is 0 Å². The Morgan fingerprint density at radius 2 is 1.69 bits per heavy atom. The largest absolute Gasteiger partial charge is 0.468 e. The number of hydrogen-bond acceptors (Lipinski definition) is 6. The fraction of sp³-hybridized carbons (Fsp3) is 0.238. The molecule has 0 fully saturated rings. The van der Waals surface area contributed by atoms with Crippen molar-refractivity contribution in [2.45, 2.75) is 23.9 Å². The predicted octanol–water partition coefficient (Wildman–Crippen LogP) is 2.99. The Bertz CT molecular complexity index is 1090. The molecule has 1 aliphatic rings. The van der Waals surface area contributed by atoms with Gasteiger partial charge in [-0.25, -0.2) is 4.98 Å². The van der Waals surface area contributed by atoms with Crippen molar-refractivity contribution in [1.29, 1.82) is 0 Å². The van der Waals surface area contributed by atoms with E-state index in [1.165, 1.54) is 18.9 Å². The van der Waals surface area contributed by atoms with Crippen molar-refractivity contribution in [2.75, 3.05) is 13.7 Å². The van der Waals surface area contributed by atoms with E-state index in [9.17, 15) is 14.4 Å². The van der Waals surface area contributed by atoms with Crippen LogP contribution < -0.4 is 0 Å². The highest BCUT2D eigenvalue weighted by Crippen LogP contribution is 2.30. The van der Waals surface area contributed by atoms with Crippen LogP contribution in [0.2, 0.25) is 0 Å². The minimum atomic E-state index is -0.788. The number of aryl methyl sites for hydroxylation is 1. The lowest BCUT2D eigenvalue weighted by Gasteiger charge is -2.20. The number of para-hydroxylation sites is 2. The molecule has 0 aliphatic carbocycles. The number of benzene rings is 2. The van der Waals surface area contributed by atoms with Gasteiger partial charge in [0.15, 0.2) is 5.16 Å². The van der Waals surface area contributed by atoms with E-state index in [-0.39, 0.29) is 6.54 Å². The lowest BCUT2D eigenvalue weighted by atomic mass is 10.1. The minimum absolute atomic E-state index is 0.0867. The molecular formula is C21H19N3O4S. The number of carbonyl (C=O) groups is 3. The van der Waals surface area contributed by atoms with E-state index in [2.05, 4.69) is 4.98 Å². The average molecular weight is 409 g/mol. The summed E-state index contributed by atoms with van der Waals surface area (Å²) in [7, 11) is 1.29. The first-order valence-electron chi connectivity index (χ1n) is 9.20. The molecule has 2 heterocycles. The molecule has 1 aromatic heterocycles. The van der Waals surface area contributed by atoms with Crippen LogP contribution in [0.4, 0.5) is 0 Å². The molecule has 29 heavy (non-hydrogen) atoms. The van der Waals surface area contributed by atoms with Gasteiger partial charge in [0.1, 0.15) is 5.25 Å². The number of hydrogen-bond donors (Lipinski definition) is 0. The van der Waals surface area contributed by atoms with Gasteiger partial charge in [-0.1, -0.05) is 36.0 Å². The van der Waals surface area contributed by atoms with Crippen LogP contribution in [0, 0.1) is 0 Å². The molecule has 0 saturated carbocycles. The number of imide groups is 1. The van der Waals surface area contributed by atoms with E-state index in [1.807, 2.05) is 35.8 Å². The third kappa shape index (κ3) is 3.29. The second-order valence-corrected chi connectivity index (χ2v) is 7.69. The van der Waals surface area contributed by atoms with Gasteiger partial charge in [-0.3, -0.25) is 19.3 Å². The third-order valence-electron chi connectivity index (χ3n) is 4.87. The fourth-order valence-electron chi connectivity index (χ4n) is 3.44. The van der Waals surface area contributed by atoms with Gasteiger partial charge >= 0.3 is 5.97 Å². The topological polar surface area (TPSA) is 81.5 Å². The zero-order chi connectivity index (χ0) is 20.5. The second kappa shape index (κ2) is 7.71. The number of methoxy groups -OCH3 is 1. The molecule has 0 saturated heterocycles. The van der Waals surface area contributed by atoms with Gasteiger partial charge in [0.2, 0.25) is 0 Å². The molecule has 1 unspecified atom stereocenters. The van der Waals surface area contributed by atoms with E-state index in [0.717, 1.165) is 15.9 Å². The number of thioether (sulfide) groups is 1. The maximum atomic E-state index is 12.7. The first-order chi connectivity index (χ1) is 14.0. The molecule has 7 nitrogen and oxygen atoms in total. The molecule has 1 aliphatic heterocycles. The molecule has 0 bridgehead atoms. The highest BCUT2D eigenvalue weighted by molar-refractivity contribution is 8.00. The molecule has 3 aromatic rings. The Morgan fingerprint density at radius 3 is 2.31 bits per heavy atom. The number of carbonyl (C=O) groups excluding carboxylic acids is 3. The number of amides is 2. The number of ether oxygens (including phenoxy) is 1. The molecule has 148 valence electrons. The standard InChI is InChI=1S/C21H19N3O4S/c1-3-23-16-11-7-6-10-15(16)22-21(23)29-17(20(27)28-2)12-24-18(25)13-8-4-5-9-14(13)19(24)26/h4-11,17H,3,12H2,1-2H3. The van der Waals surface area contributed by atoms with Crippen LogP contribution in [0.15, 0.2) is 53.7 Å². The molecule has 1 atom stereocenters. The Morgan fingerprint density at radius 1 is 1.07 bits per heavy atom. The summed E-state index contributed by atoms with van der Waals surface area (Å²) in [6.45, 7) is 2.58. The van der Waals surface area contributed by atoms with Gasteiger partial charge in [-0.05, 0) is 31.2 Å². The van der Waals surface area contributed by atoms with Crippen LogP contribution in [-0.4, -0.2) is 51.1 Å². The van der Waals surface area contributed by atoms with Crippen molar-refractivity contribution < 1.29 is 19.1 Å².